The minimum atomic E-state index is -0.978. The predicted octanol–water partition coefficient (Wildman–Crippen LogP) is 2.19. The van der Waals surface area contributed by atoms with Crippen molar-refractivity contribution < 1.29 is 15.3 Å². The molecule has 130 valence electrons. The van der Waals surface area contributed by atoms with E-state index in [1.165, 1.54) is 0 Å². The molecule has 1 heterocycles. The SMILES string of the molecule is OC[C@H]1C[C@@H](n2c(NC3CC3)nc3cc(Cl)c(Cl)cc32)[C@H](O)[C@@H]1O. The third-order valence-corrected chi connectivity index (χ3v) is 5.70. The predicted molar refractivity (Wildman–Crippen MR) is 92.6 cm³/mol. The lowest BCUT2D eigenvalue weighted by atomic mass is 10.1. The molecule has 2 fully saturated rings. The summed E-state index contributed by atoms with van der Waals surface area (Å²) in [4.78, 5) is 4.60. The minimum Gasteiger partial charge on any atom is -0.396 e. The van der Waals surface area contributed by atoms with E-state index in [2.05, 4.69) is 10.3 Å². The van der Waals surface area contributed by atoms with Crippen molar-refractivity contribution in [2.45, 2.75) is 43.6 Å². The van der Waals surface area contributed by atoms with Gasteiger partial charge in [-0.25, -0.2) is 4.98 Å². The van der Waals surface area contributed by atoms with Gasteiger partial charge in [-0.05, 0) is 31.4 Å². The van der Waals surface area contributed by atoms with E-state index < -0.39 is 12.2 Å². The summed E-state index contributed by atoms with van der Waals surface area (Å²) in [6, 6.07) is 3.43. The van der Waals surface area contributed by atoms with Gasteiger partial charge < -0.3 is 25.2 Å². The molecule has 4 rings (SSSR count). The Kier molecular flexibility index (Phi) is 4.13. The van der Waals surface area contributed by atoms with Crippen LogP contribution in [0.4, 0.5) is 5.95 Å². The second kappa shape index (κ2) is 6.04. The van der Waals surface area contributed by atoms with Crippen LogP contribution < -0.4 is 5.32 Å². The van der Waals surface area contributed by atoms with Crippen molar-refractivity contribution in [2.75, 3.05) is 11.9 Å². The van der Waals surface area contributed by atoms with Crippen LogP contribution in [0.25, 0.3) is 11.0 Å². The summed E-state index contributed by atoms with van der Waals surface area (Å²) < 4.78 is 1.89. The van der Waals surface area contributed by atoms with Crippen molar-refractivity contribution >= 4 is 40.2 Å². The number of anilines is 1. The summed E-state index contributed by atoms with van der Waals surface area (Å²) >= 11 is 12.3. The first-order valence-electron chi connectivity index (χ1n) is 8.10. The zero-order valence-corrected chi connectivity index (χ0v) is 14.4. The average Bonchev–Trinajstić information content (AvgIpc) is 3.25. The Morgan fingerprint density at radius 1 is 1.17 bits per heavy atom. The van der Waals surface area contributed by atoms with Gasteiger partial charge in [0.05, 0.1) is 33.2 Å². The van der Waals surface area contributed by atoms with Crippen molar-refractivity contribution in [1.82, 2.24) is 9.55 Å². The normalized spacial score (nSPS) is 30.2. The van der Waals surface area contributed by atoms with E-state index in [1.807, 2.05) is 4.57 Å². The first-order chi connectivity index (χ1) is 11.5. The summed E-state index contributed by atoms with van der Waals surface area (Å²) in [7, 11) is 0. The topological polar surface area (TPSA) is 90.5 Å². The minimum absolute atomic E-state index is 0.167. The van der Waals surface area contributed by atoms with Gasteiger partial charge in [-0.1, -0.05) is 23.2 Å². The maximum absolute atomic E-state index is 10.5. The first-order valence-corrected chi connectivity index (χ1v) is 8.85. The Morgan fingerprint density at radius 3 is 2.50 bits per heavy atom. The number of nitrogens with zero attached hydrogens (tertiary/aromatic N) is 2. The highest BCUT2D eigenvalue weighted by Crippen LogP contribution is 2.41. The molecule has 2 aliphatic carbocycles. The van der Waals surface area contributed by atoms with Crippen molar-refractivity contribution in [3.05, 3.63) is 22.2 Å². The average molecular weight is 372 g/mol. The molecule has 0 radical (unpaired) electrons. The van der Waals surface area contributed by atoms with E-state index >= 15 is 0 Å². The highest BCUT2D eigenvalue weighted by Gasteiger charge is 2.43. The van der Waals surface area contributed by atoms with Gasteiger partial charge >= 0.3 is 0 Å². The summed E-state index contributed by atoms with van der Waals surface area (Å²) in [5.41, 5.74) is 1.43. The molecule has 0 saturated heterocycles. The van der Waals surface area contributed by atoms with E-state index in [0.29, 0.717) is 34.0 Å². The number of benzene rings is 1. The fourth-order valence-electron chi connectivity index (χ4n) is 3.47. The van der Waals surface area contributed by atoms with Gasteiger partial charge in [-0.3, -0.25) is 0 Å². The summed E-state index contributed by atoms with van der Waals surface area (Å²) in [6.45, 7) is -0.167. The van der Waals surface area contributed by atoms with Crippen LogP contribution >= 0.6 is 23.2 Å². The second-order valence-electron chi connectivity index (χ2n) is 6.71. The molecule has 1 aromatic heterocycles. The van der Waals surface area contributed by atoms with Gasteiger partial charge in [0.25, 0.3) is 0 Å². The maximum atomic E-state index is 10.5. The van der Waals surface area contributed by atoms with Gasteiger partial charge in [0.2, 0.25) is 5.95 Å². The molecule has 8 heteroatoms. The van der Waals surface area contributed by atoms with Crippen molar-refractivity contribution in [1.29, 1.82) is 0 Å². The first kappa shape index (κ1) is 16.4. The molecule has 2 aliphatic rings. The van der Waals surface area contributed by atoms with Gasteiger partial charge in [0, 0.05) is 18.6 Å². The molecule has 2 aromatic rings. The fourth-order valence-corrected chi connectivity index (χ4v) is 3.79. The Balaban J connectivity index is 1.83. The Hall–Kier alpha value is -1.05. The molecule has 1 aromatic carbocycles. The lowest BCUT2D eigenvalue weighted by Crippen LogP contribution is -2.30. The van der Waals surface area contributed by atoms with Crippen molar-refractivity contribution in [3.63, 3.8) is 0 Å². The van der Waals surface area contributed by atoms with Gasteiger partial charge in [-0.15, -0.1) is 0 Å². The van der Waals surface area contributed by atoms with Crippen LogP contribution in [0.1, 0.15) is 25.3 Å². The molecule has 6 nitrogen and oxygen atoms in total. The van der Waals surface area contributed by atoms with Gasteiger partial charge in [0.1, 0.15) is 6.10 Å². The van der Waals surface area contributed by atoms with E-state index in [9.17, 15) is 15.3 Å². The molecule has 0 aliphatic heterocycles. The Bertz CT molecular complexity index is 778. The van der Waals surface area contributed by atoms with E-state index in [4.69, 9.17) is 23.2 Å². The molecule has 24 heavy (non-hydrogen) atoms. The summed E-state index contributed by atoms with van der Waals surface area (Å²) in [5.74, 6) is 0.277. The van der Waals surface area contributed by atoms with Gasteiger partial charge in [-0.2, -0.15) is 0 Å². The second-order valence-corrected chi connectivity index (χ2v) is 7.52. The van der Waals surface area contributed by atoms with E-state index in [0.717, 1.165) is 18.4 Å². The number of rotatable bonds is 4. The van der Waals surface area contributed by atoms with Crippen LogP contribution in [-0.4, -0.2) is 49.7 Å². The number of aromatic nitrogens is 2. The number of hydrogen-bond donors (Lipinski definition) is 4. The smallest absolute Gasteiger partial charge is 0.204 e. The lowest BCUT2D eigenvalue weighted by Gasteiger charge is -2.21. The monoisotopic (exact) mass is 371 g/mol. The highest BCUT2D eigenvalue weighted by atomic mass is 35.5. The van der Waals surface area contributed by atoms with Gasteiger partial charge in [0.15, 0.2) is 0 Å². The number of hydrogen-bond acceptors (Lipinski definition) is 5. The number of aliphatic hydroxyl groups excluding tert-OH is 3. The van der Waals surface area contributed by atoms with Crippen LogP contribution in [0.2, 0.25) is 10.0 Å². The summed E-state index contributed by atoms with van der Waals surface area (Å²) in [5, 5.41) is 34.3. The maximum Gasteiger partial charge on any atom is 0.204 e. The lowest BCUT2D eigenvalue weighted by molar-refractivity contribution is -0.00345. The third kappa shape index (κ3) is 2.66. The standard InChI is InChI=1S/C16H19Cl2N3O3/c17-9-4-11-12(5-10(9)18)21(16(20-11)19-8-1-2-8)13-3-7(6-22)14(23)15(13)24/h4-5,7-8,13-15,22-24H,1-3,6H2,(H,19,20)/t7-,13-,14-,15+/m1/s1. The molecular formula is C16H19Cl2N3O3. The largest absolute Gasteiger partial charge is 0.396 e. The Labute approximate surface area is 149 Å². The summed E-state index contributed by atoms with van der Waals surface area (Å²) in [6.07, 6.45) is 0.687. The quantitative estimate of drug-likeness (QED) is 0.661. The van der Waals surface area contributed by atoms with Crippen LogP contribution in [0, 0.1) is 5.92 Å². The van der Waals surface area contributed by atoms with E-state index in [-0.39, 0.29) is 18.6 Å². The molecule has 0 spiro atoms. The molecule has 0 amide bonds. The molecule has 0 bridgehead atoms. The van der Waals surface area contributed by atoms with Crippen LogP contribution in [0.3, 0.4) is 0 Å². The van der Waals surface area contributed by atoms with Crippen molar-refractivity contribution in [2.24, 2.45) is 5.92 Å². The third-order valence-electron chi connectivity index (χ3n) is 4.98. The van der Waals surface area contributed by atoms with Crippen LogP contribution in [0.5, 0.6) is 0 Å². The number of fused-ring (bicyclic) bond motifs is 1. The number of imidazole rings is 1. The zero-order valence-electron chi connectivity index (χ0n) is 12.9. The highest BCUT2D eigenvalue weighted by molar-refractivity contribution is 6.42. The van der Waals surface area contributed by atoms with Crippen LogP contribution in [0.15, 0.2) is 12.1 Å². The molecule has 2 saturated carbocycles. The molecule has 4 N–H and O–H groups in total. The van der Waals surface area contributed by atoms with E-state index in [1.54, 1.807) is 12.1 Å². The van der Waals surface area contributed by atoms with Crippen LogP contribution in [-0.2, 0) is 0 Å². The molecular weight excluding hydrogens is 353 g/mol. The molecule has 0 unspecified atom stereocenters. The Morgan fingerprint density at radius 2 is 1.88 bits per heavy atom. The number of nitrogens with one attached hydrogen (secondary N) is 1. The number of aliphatic hydroxyl groups is 3. The number of halogens is 2. The van der Waals surface area contributed by atoms with Crippen molar-refractivity contribution in [3.8, 4) is 0 Å². The fraction of sp³-hybridized carbons (Fsp3) is 0.562. The zero-order chi connectivity index (χ0) is 17.0. The molecule has 4 atom stereocenters.